The third-order valence-corrected chi connectivity index (χ3v) is 3.22. The molecule has 0 spiro atoms. The molecule has 6 heteroatoms. The molecule has 1 aromatic carbocycles. The number of H-pyrrole nitrogens is 1. The molecule has 0 amide bonds. The highest BCUT2D eigenvalue weighted by Crippen LogP contribution is 2.36. The Balaban J connectivity index is 3.03. The smallest absolute Gasteiger partial charge is 0.262 e. The van der Waals surface area contributed by atoms with E-state index in [1.54, 1.807) is 6.07 Å². The van der Waals surface area contributed by atoms with Gasteiger partial charge in [-0.3, -0.25) is 4.79 Å². The van der Waals surface area contributed by atoms with Crippen LogP contribution in [-0.2, 0) is 0 Å². The lowest BCUT2D eigenvalue weighted by atomic mass is 10.2. The molecule has 0 saturated carbocycles. The first kappa shape index (κ1) is 10.4. The zero-order valence-electron chi connectivity index (χ0n) is 7.67. The molecule has 1 aromatic heterocycles. The van der Waals surface area contributed by atoms with Crippen molar-refractivity contribution >= 4 is 38.4 Å². The number of halogens is 2. The van der Waals surface area contributed by atoms with Gasteiger partial charge >= 0.3 is 0 Å². The van der Waals surface area contributed by atoms with E-state index in [1.807, 2.05) is 0 Å². The van der Waals surface area contributed by atoms with Gasteiger partial charge in [0.2, 0.25) is 0 Å². The molecule has 2 aromatic rings. The average molecular weight is 290 g/mol. The first-order chi connectivity index (χ1) is 7.15. The van der Waals surface area contributed by atoms with Crippen LogP contribution in [0.3, 0.4) is 0 Å². The van der Waals surface area contributed by atoms with Crippen molar-refractivity contribution in [2.45, 2.75) is 0 Å². The molecule has 0 aliphatic heterocycles. The van der Waals surface area contributed by atoms with Gasteiger partial charge in [0.1, 0.15) is 5.39 Å². The standard InChI is InChI=1S/C9H6BrClN2O2/c1-15-8-6-5(2-4(10)7(8)11)12-3-13-9(6)14/h2-3H,1H3,(H,12,13,14). The van der Waals surface area contributed by atoms with Crippen molar-refractivity contribution in [3.63, 3.8) is 0 Å². The number of rotatable bonds is 1. The number of hydrogen-bond acceptors (Lipinski definition) is 3. The van der Waals surface area contributed by atoms with Crippen LogP contribution in [0.25, 0.3) is 10.9 Å². The molecule has 0 bridgehead atoms. The molecule has 2 rings (SSSR count). The van der Waals surface area contributed by atoms with Gasteiger partial charge in [-0.05, 0) is 22.0 Å². The maximum absolute atomic E-state index is 11.6. The van der Waals surface area contributed by atoms with E-state index >= 15 is 0 Å². The largest absolute Gasteiger partial charge is 0.494 e. The fraction of sp³-hybridized carbons (Fsp3) is 0.111. The maximum atomic E-state index is 11.6. The van der Waals surface area contributed by atoms with Crippen molar-refractivity contribution in [2.75, 3.05) is 7.11 Å². The molecule has 1 heterocycles. The molecule has 0 atom stereocenters. The number of aromatic amines is 1. The van der Waals surface area contributed by atoms with Crippen molar-refractivity contribution in [3.8, 4) is 5.75 Å². The second-order valence-corrected chi connectivity index (χ2v) is 4.06. The van der Waals surface area contributed by atoms with Crippen LogP contribution in [0.1, 0.15) is 0 Å². The van der Waals surface area contributed by atoms with Gasteiger partial charge in [-0.1, -0.05) is 11.6 Å². The zero-order valence-corrected chi connectivity index (χ0v) is 10.0. The average Bonchev–Trinajstić information content (AvgIpc) is 2.21. The fourth-order valence-electron chi connectivity index (χ4n) is 1.34. The summed E-state index contributed by atoms with van der Waals surface area (Å²) in [5.41, 5.74) is 0.262. The molecular formula is C9H6BrClN2O2. The van der Waals surface area contributed by atoms with E-state index in [9.17, 15) is 4.79 Å². The fourth-order valence-corrected chi connectivity index (χ4v) is 1.96. The molecular weight excluding hydrogens is 283 g/mol. The summed E-state index contributed by atoms with van der Waals surface area (Å²) in [6, 6.07) is 1.68. The molecule has 0 fully saturated rings. The highest BCUT2D eigenvalue weighted by atomic mass is 79.9. The summed E-state index contributed by atoms with van der Waals surface area (Å²) in [7, 11) is 1.46. The summed E-state index contributed by atoms with van der Waals surface area (Å²) < 4.78 is 5.74. The Hall–Kier alpha value is -1.07. The van der Waals surface area contributed by atoms with Crippen LogP contribution in [0.15, 0.2) is 21.7 Å². The molecule has 4 nitrogen and oxygen atoms in total. The number of methoxy groups -OCH3 is 1. The van der Waals surface area contributed by atoms with Crippen LogP contribution >= 0.6 is 27.5 Å². The minimum absolute atomic E-state index is 0.272. The molecule has 0 saturated heterocycles. The van der Waals surface area contributed by atoms with E-state index in [-0.39, 0.29) is 5.56 Å². The van der Waals surface area contributed by atoms with E-state index in [1.165, 1.54) is 13.4 Å². The molecule has 0 unspecified atom stereocenters. The number of nitrogens with one attached hydrogen (secondary N) is 1. The molecule has 0 aliphatic carbocycles. The summed E-state index contributed by atoms with van der Waals surface area (Å²) in [6.07, 6.45) is 1.34. The van der Waals surface area contributed by atoms with Gasteiger partial charge in [-0.15, -0.1) is 0 Å². The molecule has 0 radical (unpaired) electrons. The normalized spacial score (nSPS) is 10.6. The Morgan fingerprint density at radius 2 is 2.33 bits per heavy atom. The minimum atomic E-state index is -0.272. The van der Waals surface area contributed by atoms with Gasteiger partial charge in [0.05, 0.1) is 24.0 Å². The van der Waals surface area contributed by atoms with E-state index < -0.39 is 0 Å². The van der Waals surface area contributed by atoms with Gasteiger partial charge in [-0.2, -0.15) is 0 Å². The minimum Gasteiger partial charge on any atom is -0.494 e. The van der Waals surface area contributed by atoms with E-state index in [0.29, 0.717) is 26.1 Å². The molecule has 15 heavy (non-hydrogen) atoms. The Morgan fingerprint density at radius 3 is 3.00 bits per heavy atom. The summed E-state index contributed by atoms with van der Waals surface area (Å²) in [4.78, 5) is 18.1. The summed E-state index contributed by atoms with van der Waals surface area (Å²) in [5, 5.41) is 0.719. The SMILES string of the molecule is COc1c(Cl)c(Br)cc2nc[nH]c(=O)c12. The van der Waals surface area contributed by atoms with Crippen LogP contribution in [0, 0.1) is 0 Å². The van der Waals surface area contributed by atoms with E-state index in [0.717, 1.165) is 0 Å². The Kier molecular flexibility index (Phi) is 2.67. The maximum Gasteiger partial charge on any atom is 0.262 e. The first-order valence-electron chi connectivity index (χ1n) is 4.04. The van der Waals surface area contributed by atoms with Crippen molar-refractivity contribution in [1.29, 1.82) is 0 Å². The summed E-state index contributed by atoms with van der Waals surface area (Å²) >= 11 is 9.26. The van der Waals surface area contributed by atoms with Gasteiger partial charge in [-0.25, -0.2) is 4.98 Å². The van der Waals surface area contributed by atoms with Crippen LogP contribution in [0.5, 0.6) is 5.75 Å². The van der Waals surface area contributed by atoms with Gasteiger partial charge in [0.15, 0.2) is 5.75 Å². The number of hydrogen-bond donors (Lipinski definition) is 1. The zero-order chi connectivity index (χ0) is 11.0. The quantitative estimate of drug-likeness (QED) is 0.877. The predicted molar refractivity (Wildman–Crippen MR) is 61.6 cm³/mol. The highest BCUT2D eigenvalue weighted by Gasteiger charge is 2.14. The Morgan fingerprint density at radius 1 is 1.60 bits per heavy atom. The van der Waals surface area contributed by atoms with Crippen molar-refractivity contribution in [1.82, 2.24) is 9.97 Å². The van der Waals surface area contributed by atoms with Crippen LogP contribution in [0.4, 0.5) is 0 Å². The van der Waals surface area contributed by atoms with Crippen molar-refractivity contribution < 1.29 is 4.74 Å². The van der Waals surface area contributed by atoms with Gasteiger partial charge in [0.25, 0.3) is 5.56 Å². The van der Waals surface area contributed by atoms with Crippen molar-refractivity contribution in [3.05, 3.63) is 32.2 Å². The second-order valence-electron chi connectivity index (χ2n) is 2.83. The van der Waals surface area contributed by atoms with Gasteiger partial charge in [0, 0.05) is 4.47 Å². The molecule has 78 valence electrons. The third-order valence-electron chi connectivity index (χ3n) is 1.99. The first-order valence-corrected chi connectivity index (χ1v) is 5.21. The van der Waals surface area contributed by atoms with E-state index in [2.05, 4.69) is 25.9 Å². The molecule has 1 N–H and O–H groups in total. The second kappa shape index (κ2) is 3.83. The number of ether oxygens (including phenoxy) is 1. The van der Waals surface area contributed by atoms with Crippen LogP contribution < -0.4 is 10.3 Å². The lowest BCUT2D eigenvalue weighted by Gasteiger charge is -2.07. The monoisotopic (exact) mass is 288 g/mol. The number of fused-ring (bicyclic) bond motifs is 1. The Bertz CT molecular complexity index is 582. The lowest BCUT2D eigenvalue weighted by Crippen LogP contribution is -2.08. The summed E-state index contributed by atoms with van der Waals surface area (Å²) in [6.45, 7) is 0. The van der Waals surface area contributed by atoms with E-state index in [4.69, 9.17) is 16.3 Å². The number of benzene rings is 1. The third kappa shape index (κ3) is 1.61. The predicted octanol–water partition coefficient (Wildman–Crippen LogP) is 2.35. The Labute approximate surface area is 98.4 Å². The number of aromatic nitrogens is 2. The summed E-state index contributed by atoms with van der Waals surface area (Å²) in [5.74, 6) is 0.329. The van der Waals surface area contributed by atoms with Crippen LogP contribution in [0.2, 0.25) is 5.02 Å². The van der Waals surface area contributed by atoms with Crippen LogP contribution in [-0.4, -0.2) is 17.1 Å². The topological polar surface area (TPSA) is 55.0 Å². The molecule has 0 aliphatic rings. The highest BCUT2D eigenvalue weighted by molar-refractivity contribution is 9.10. The van der Waals surface area contributed by atoms with Gasteiger partial charge < -0.3 is 9.72 Å². The lowest BCUT2D eigenvalue weighted by molar-refractivity contribution is 0.419. The number of nitrogens with zero attached hydrogens (tertiary/aromatic N) is 1. The van der Waals surface area contributed by atoms with Crippen molar-refractivity contribution in [2.24, 2.45) is 0 Å².